The average Bonchev–Trinajstić information content (AvgIpc) is 2.44. The van der Waals surface area contributed by atoms with Crippen LogP contribution in [0.3, 0.4) is 0 Å². The van der Waals surface area contributed by atoms with Crippen molar-refractivity contribution in [2.24, 2.45) is 0 Å². The van der Waals surface area contributed by atoms with Crippen molar-refractivity contribution in [2.45, 2.75) is 6.92 Å². The SMILES string of the molecule is Cc1cc2c(C#N)cccc2[nH]1. The van der Waals surface area contributed by atoms with Crippen LogP contribution < -0.4 is 0 Å². The summed E-state index contributed by atoms with van der Waals surface area (Å²) in [4.78, 5) is 3.18. The van der Waals surface area contributed by atoms with Crippen molar-refractivity contribution in [3.63, 3.8) is 0 Å². The summed E-state index contributed by atoms with van der Waals surface area (Å²) in [5.74, 6) is 0. The molecular formula is C10H8N2. The molecule has 0 bridgehead atoms. The molecule has 2 heteroatoms. The lowest BCUT2D eigenvalue weighted by Crippen LogP contribution is -1.73. The Morgan fingerprint density at radius 2 is 2.25 bits per heavy atom. The normalized spacial score (nSPS) is 10.0. The largest absolute Gasteiger partial charge is 0.359 e. The predicted octanol–water partition coefficient (Wildman–Crippen LogP) is 2.35. The number of H-pyrrole nitrogens is 1. The van der Waals surface area contributed by atoms with Crippen LogP contribution >= 0.6 is 0 Å². The number of nitriles is 1. The van der Waals surface area contributed by atoms with Gasteiger partial charge in [-0.3, -0.25) is 0 Å². The molecule has 0 saturated heterocycles. The van der Waals surface area contributed by atoms with Gasteiger partial charge in [0, 0.05) is 16.6 Å². The smallest absolute Gasteiger partial charge is 0.0998 e. The molecule has 1 N–H and O–H groups in total. The summed E-state index contributed by atoms with van der Waals surface area (Å²) in [5, 5.41) is 9.79. The third-order valence-corrected chi connectivity index (χ3v) is 1.92. The minimum atomic E-state index is 0.733. The van der Waals surface area contributed by atoms with Crippen LogP contribution in [0.25, 0.3) is 10.9 Å². The highest BCUT2D eigenvalue weighted by Gasteiger charge is 2.00. The average molecular weight is 156 g/mol. The van der Waals surface area contributed by atoms with E-state index in [0.717, 1.165) is 22.2 Å². The molecular weight excluding hydrogens is 148 g/mol. The van der Waals surface area contributed by atoms with Gasteiger partial charge in [0.25, 0.3) is 0 Å². The number of fused-ring (bicyclic) bond motifs is 1. The van der Waals surface area contributed by atoms with E-state index in [9.17, 15) is 0 Å². The number of hydrogen-bond acceptors (Lipinski definition) is 1. The zero-order valence-corrected chi connectivity index (χ0v) is 6.76. The fourth-order valence-electron chi connectivity index (χ4n) is 1.39. The van der Waals surface area contributed by atoms with E-state index in [1.807, 2.05) is 31.2 Å². The second kappa shape index (κ2) is 2.38. The van der Waals surface area contributed by atoms with Crippen LogP contribution in [-0.4, -0.2) is 4.98 Å². The third kappa shape index (κ3) is 0.876. The van der Waals surface area contributed by atoms with Gasteiger partial charge >= 0.3 is 0 Å². The van der Waals surface area contributed by atoms with Gasteiger partial charge in [0.1, 0.15) is 0 Å². The fraction of sp³-hybridized carbons (Fsp3) is 0.100. The zero-order chi connectivity index (χ0) is 8.55. The van der Waals surface area contributed by atoms with E-state index in [-0.39, 0.29) is 0 Å². The van der Waals surface area contributed by atoms with Crippen molar-refractivity contribution in [2.75, 3.05) is 0 Å². The van der Waals surface area contributed by atoms with E-state index in [0.29, 0.717) is 0 Å². The number of aromatic amines is 1. The van der Waals surface area contributed by atoms with Crippen LogP contribution in [0.1, 0.15) is 11.3 Å². The molecule has 58 valence electrons. The number of aryl methyl sites for hydroxylation is 1. The molecule has 0 amide bonds. The van der Waals surface area contributed by atoms with Gasteiger partial charge in [-0.2, -0.15) is 5.26 Å². The number of aromatic nitrogens is 1. The van der Waals surface area contributed by atoms with Crippen LogP contribution in [0.15, 0.2) is 24.3 Å². The Bertz CT molecular complexity index is 460. The topological polar surface area (TPSA) is 39.6 Å². The van der Waals surface area contributed by atoms with Crippen molar-refractivity contribution in [3.8, 4) is 6.07 Å². The summed E-state index contributed by atoms with van der Waals surface area (Å²) in [6.07, 6.45) is 0. The summed E-state index contributed by atoms with van der Waals surface area (Å²) in [5.41, 5.74) is 2.86. The van der Waals surface area contributed by atoms with Gasteiger partial charge in [0.05, 0.1) is 11.6 Å². The van der Waals surface area contributed by atoms with Crippen LogP contribution in [0, 0.1) is 18.3 Å². The Balaban J connectivity index is 2.89. The minimum absolute atomic E-state index is 0.733. The fourth-order valence-corrected chi connectivity index (χ4v) is 1.39. The van der Waals surface area contributed by atoms with Crippen LogP contribution in [0.4, 0.5) is 0 Å². The van der Waals surface area contributed by atoms with Gasteiger partial charge in [-0.15, -0.1) is 0 Å². The molecule has 2 aromatic rings. The van der Waals surface area contributed by atoms with Gasteiger partial charge in [0.2, 0.25) is 0 Å². The molecule has 0 aliphatic carbocycles. The van der Waals surface area contributed by atoms with E-state index in [1.54, 1.807) is 0 Å². The highest BCUT2D eigenvalue weighted by Crippen LogP contribution is 2.18. The Labute approximate surface area is 70.4 Å². The Kier molecular flexibility index (Phi) is 1.38. The first-order chi connectivity index (χ1) is 5.81. The van der Waals surface area contributed by atoms with Gasteiger partial charge in [-0.1, -0.05) is 6.07 Å². The van der Waals surface area contributed by atoms with E-state index in [4.69, 9.17) is 5.26 Å². The molecule has 0 spiro atoms. The minimum Gasteiger partial charge on any atom is -0.359 e. The highest BCUT2D eigenvalue weighted by atomic mass is 14.7. The van der Waals surface area contributed by atoms with E-state index >= 15 is 0 Å². The molecule has 12 heavy (non-hydrogen) atoms. The Hall–Kier alpha value is -1.75. The molecule has 1 heterocycles. The summed E-state index contributed by atoms with van der Waals surface area (Å²) >= 11 is 0. The second-order valence-electron chi connectivity index (χ2n) is 2.83. The van der Waals surface area contributed by atoms with Crippen LogP contribution in [0.5, 0.6) is 0 Å². The predicted molar refractivity (Wildman–Crippen MR) is 47.8 cm³/mol. The van der Waals surface area contributed by atoms with Crippen LogP contribution in [-0.2, 0) is 0 Å². The molecule has 0 radical (unpaired) electrons. The second-order valence-corrected chi connectivity index (χ2v) is 2.83. The maximum Gasteiger partial charge on any atom is 0.0998 e. The first kappa shape index (κ1) is 6.93. The lowest BCUT2D eigenvalue weighted by atomic mass is 10.1. The molecule has 1 aromatic carbocycles. The number of nitrogens with one attached hydrogen (secondary N) is 1. The quantitative estimate of drug-likeness (QED) is 0.624. The van der Waals surface area contributed by atoms with Crippen molar-refractivity contribution in [3.05, 3.63) is 35.5 Å². The molecule has 0 saturated carbocycles. The standard InChI is InChI=1S/C10H8N2/c1-7-5-9-8(6-11)3-2-4-10(9)12-7/h2-5,12H,1H3. The van der Waals surface area contributed by atoms with Crippen molar-refractivity contribution in [1.82, 2.24) is 4.98 Å². The molecule has 1 aromatic heterocycles. The Morgan fingerprint density at radius 1 is 1.42 bits per heavy atom. The summed E-state index contributed by atoms with van der Waals surface area (Å²) in [6.45, 7) is 1.99. The maximum atomic E-state index is 8.78. The molecule has 0 fully saturated rings. The molecule has 0 aliphatic heterocycles. The van der Waals surface area contributed by atoms with Gasteiger partial charge in [0.15, 0.2) is 0 Å². The molecule has 0 aliphatic rings. The van der Waals surface area contributed by atoms with Crippen molar-refractivity contribution < 1.29 is 0 Å². The summed E-state index contributed by atoms with van der Waals surface area (Å²) in [6, 6.07) is 9.85. The molecule has 2 rings (SSSR count). The van der Waals surface area contributed by atoms with Gasteiger partial charge < -0.3 is 4.98 Å². The van der Waals surface area contributed by atoms with Gasteiger partial charge in [-0.05, 0) is 25.1 Å². The lowest BCUT2D eigenvalue weighted by molar-refractivity contribution is 1.30. The van der Waals surface area contributed by atoms with E-state index in [2.05, 4.69) is 11.1 Å². The van der Waals surface area contributed by atoms with E-state index in [1.165, 1.54) is 0 Å². The van der Waals surface area contributed by atoms with Crippen LogP contribution in [0.2, 0.25) is 0 Å². The van der Waals surface area contributed by atoms with Crippen molar-refractivity contribution >= 4 is 10.9 Å². The third-order valence-electron chi connectivity index (χ3n) is 1.92. The first-order valence-corrected chi connectivity index (χ1v) is 3.79. The highest BCUT2D eigenvalue weighted by molar-refractivity contribution is 5.86. The summed E-state index contributed by atoms with van der Waals surface area (Å²) in [7, 11) is 0. The van der Waals surface area contributed by atoms with Crippen molar-refractivity contribution in [1.29, 1.82) is 5.26 Å². The molecule has 2 nitrogen and oxygen atoms in total. The number of rotatable bonds is 0. The zero-order valence-electron chi connectivity index (χ0n) is 6.76. The molecule has 0 unspecified atom stereocenters. The molecule has 0 atom stereocenters. The van der Waals surface area contributed by atoms with E-state index < -0.39 is 0 Å². The Morgan fingerprint density at radius 3 is 3.00 bits per heavy atom. The van der Waals surface area contributed by atoms with Gasteiger partial charge in [-0.25, -0.2) is 0 Å². The first-order valence-electron chi connectivity index (χ1n) is 3.79. The lowest BCUT2D eigenvalue weighted by Gasteiger charge is -1.89. The summed E-state index contributed by atoms with van der Waals surface area (Å²) < 4.78 is 0. The monoisotopic (exact) mass is 156 g/mol. The maximum absolute atomic E-state index is 8.78. The number of hydrogen-bond donors (Lipinski definition) is 1. The number of benzene rings is 1. The number of nitrogens with zero attached hydrogens (tertiary/aromatic N) is 1.